The molecule has 7 nitrogen and oxygen atoms in total. The van der Waals surface area contributed by atoms with Crippen LogP contribution in [0.5, 0.6) is 0 Å². The van der Waals surface area contributed by atoms with Gasteiger partial charge in [-0.25, -0.2) is 0 Å². The van der Waals surface area contributed by atoms with E-state index in [0.29, 0.717) is 22.6 Å². The number of anilines is 2. The lowest BCUT2D eigenvalue weighted by molar-refractivity contribution is -0.120. The molecule has 30 heavy (non-hydrogen) atoms. The van der Waals surface area contributed by atoms with Crippen molar-refractivity contribution in [2.45, 2.75) is 13.0 Å². The fourth-order valence-electron chi connectivity index (χ4n) is 3.00. The van der Waals surface area contributed by atoms with E-state index in [1.165, 1.54) is 11.8 Å². The first-order valence-electron chi connectivity index (χ1n) is 9.37. The van der Waals surface area contributed by atoms with Crippen LogP contribution in [0.3, 0.4) is 0 Å². The maximum atomic E-state index is 13.1. The van der Waals surface area contributed by atoms with Gasteiger partial charge in [-0.3, -0.25) is 19.4 Å². The third kappa shape index (κ3) is 5.08. The Hall–Kier alpha value is -4.00. The van der Waals surface area contributed by atoms with Gasteiger partial charge in [-0.1, -0.05) is 24.3 Å². The third-order valence-corrected chi connectivity index (χ3v) is 4.42. The molecule has 3 amide bonds. The molecule has 2 N–H and O–H groups in total. The van der Waals surface area contributed by atoms with Crippen LogP contribution in [0.2, 0.25) is 0 Å². The Bertz CT molecular complexity index is 1020. The van der Waals surface area contributed by atoms with E-state index < -0.39 is 6.04 Å². The number of likely N-dealkylation sites (N-methyl/N-ethyl adjacent to an activating group) is 1. The Morgan fingerprint density at radius 2 is 1.47 bits per heavy atom. The van der Waals surface area contributed by atoms with Crippen molar-refractivity contribution < 1.29 is 14.4 Å². The molecule has 7 heteroatoms. The monoisotopic (exact) mass is 402 g/mol. The number of rotatable bonds is 6. The minimum absolute atomic E-state index is 0.195. The number of nitrogens with zero attached hydrogens (tertiary/aromatic N) is 2. The van der Waals surface area contributed by atoms with Crippen LogP contribution in [0.4, 0.5) is 11.4 Å². The molecule has 1 atom stereocenters. The number of benzene rings is 2. The minimum atomic E-state index is -0.922. The van der Waals surface area contributed by atoms with Crippen LogP contribution in [0, 0.1) is 0 Å². The van der Waals surface area contributed by atoms with Crippen molar-refractivity contribution >= 4 is 29.1 Å². The second-order valence-corrected chi connectivity index (χ2v) is 6.69. The molecule has 0 aliphatic heterocycles. The van der Waals surface area contributed by atoms with Gasteiger partial charge in [0, 0.05) is 37.1 Å². The average molecular weight is 402 g/mol. The van der Waals surface area contributed by atoms with Gasteiger partial charge >= 0.3 is 0 Å². The van der Waals surface area contributed by atoms with Crippen molar-refractivity contribution in [2.75, 3.05) is 17.7 Å². The number of pyridine rings is 1. The third-order valence-electron chi connectivity index (χ3n) is 4.42. The lowest BCUT2D eigenvalue weighted by atomic mass is 10.1. The van der Waals surface area contributed by atoms with E-state index in [1.807, 2.05) is 18.2 Å². The zero-order valence-corrected chi connectivity index (χ0v) is 16.7. The highest BCUT2D eigenvalue weighted by molar-refractivity contribution is 6.01. The first-order valence-corrected chi connectivity index (χ1v) is 9.37. The molecule has 0 fully saturated rings. The van der Waals surface area contributed by atoms with Crippen LogP contribution < -0.4 is 10.6 Å². The van der Waals surface area contributed by atoms with Crippen LogP contribution in [0.15, 0.2) is 79.0 Å². The molecule has 0 spiro atoms. The summed E-state index contributed by atoms with van der Waals surface area (Å²) in [6.07, 6.45) is 1.58. The number of aromatic nitrogens is 1. The Morgan fingerprint density at radius 1 is 0.833 bits per heavy atom. The summed E-state index contributed by atoms with van der Waals surface area (Å²) in [5.41, 5.74) is 2.06. The smallest absolute Gasteiger partial charge is 0.254 e. The second-order valence-electron chi connectivity index (χ2n) is 6.69. The van der Waals surface area contributed by atoms with E-state index in [4.69, 9.17) is 0 Å². The minimum Gasteiger partial charge on any atom is -0.326 e. The number of amides is 3. The van der Waals surface area contributed by atoms with Crippen LogP contribution in [-0.2, 0) is 9.59 Å². The molecule has 1 heterocycles. The normalized spacial score (nSPS) is 11.3. The van der Waals surface area contributed by atoms with E-state index in [-0.39, 0.29) is 17.7 Å². The molecule has 0 radical (unpaired) electrons. The van der Waals surface area contributed by atoms with Gasteiger partial charge in [0.1, 0.15) is 0 Å². The van der Waals surface area contributed by atoms with Crippen LogP contribution in [-0.4, -0.2) is 34.7 Å². The van der Waals surface area contributed by atoms with Crippen molar-refractivity contribution in [1.82, 2.24) is 9.88 Å². The maximum absolute atomic E-state index is 13.1. The molecule has 0 saturated carbocycles. The van der Waals surface area contributed by atoms with E-state index in [2.05, 4.69) is 15.6 Å². The molecule has 0 saturated heterocycles. The summed E-state index contributed by atoms with van der Waals surface area (Å²) in [5, 5.41) is 5.49. The number of hydrogen-bond donors (Lipinski definition) is 2. The second kappa shape index (κ2) is 9.47. The van der Waals surface area contributed by atoms with E-state index >= 15 is 0 Å². The summed E-state index contributed by atoms with van der Waals surface area (Å²) in [5.74, 6) is -0.909. The summed E-state index contributed by atoms with van der Waals surface area (Å²) >= 11 is 0. The number of nitrogens with one attached hydrogen (secondary N) is 2. The molecule has 152 valence electrons. The number of carbonyl (C=O) groups excluding carboxylic acids is 3. The predicted molar refractivity (Wildman–Crippen MR) is 115 cm³/mol. The molecular formula is C23H22N4O3. The summed E-state index contributed by atoms with van der Waals surface area (Å²) < 4.78 is 0. The van der Waals surface area contributed by atoms with Gasteiger partial charge in [0.2, 0.25) is 5.91 Å². The average Bonchev–Trinajstić information content (AvgIpc) is 2.75. The lowest BCUT2D eigenvalue weighted by Crippen LogP contribution is -2.39. The van der Waals surface area contributed by atoms with Crippen molar-refractivity contribution in [1.29, 1.82) is 0 Å². The van der Waals surface area contributed by atoms with Gasteiger partial charge in [-0.15, -0.1) is 0 Å². The van der Waals surface area contributed by atoms with Crippen LogP contribution >= 0.6 is 0 Å². The highest BCUT2D eigenvalue weighted by Gasteiger charge is 2.30. The molecule has 3 rings (SSSR count). The Labute approximate surface area is 174 Å². The Morgan fingerprint density at radius 3 is 2.07 bits per heavy atom. The van der Waals surface area contributed by atoms with Gasteiger partial charge in [-0.05, 0) is 48.5 Å². The summed E-state index contributed by atoms with van der Waals surface area (Å²) in [7, 11) is 1.56. The summed E-state index contributed by atoms with van der Waals surface area (Å²) in [6, 6.07) is 19.8. The molecule has 0 unspecified atom stereocenters. The van der Waals surface area contributed by atoms with Gasteiger partial charge in [0.25, 0.3) is 11.8 Å². The molecular weight excluding hydrogens is 380 g/mol. The first kappa shape index (κ1) is 20.7. The van der Waals surface area contributed by atoms with Crippen molar-refractivity contribution in [3.63, 3.8) is 0 Å². The van der Waals surface area contributed by atoms with Gasteiger partial charge in [-0.2, -0.15) is 0 Å². The van der Waals surface area contributed by atoms with Crippen molar-refractivity contribution in [3.05, 3.63) is 90.3 Å². The van der Waals surface area contributed by atoms with Crippen LogP contribution in [0.25, 0.3) is 0 Å². The van der Waals surface area contributed by atoms with Gasteiger partial charge in [0.05, 0.1) is 5.69 Å². The number of para-hydroxylation sites is 1. The fraction of sp³-hybridized carbons (Fsp3) is 0.130. The number of carbonyl (C=O) groups is 3. The first-order chi connectivity index (χ1) is 14.5. The molecule has 0 aliphatic carbocycles. The van der Waals surface area contributed by atoms with E-state index in [1.54, 1.807) is 67.8 Å². The van der Waals surface area contributed by atoms with E-state index in [0.717, 1.165) is 0 Å². The molecule has 0 aliphatic rings. The van der Waals surface area contributed by atoms with Crippen molar-refractivity contribution in [3.8, 4) is 0 Å². The molecule has 3 aromatic rings. The topological polar surface area (TPSA) is 91.4 Å². The molecule has 1 aromatic heterocycles. The fourth-order valence-corrected chi connectivity index (χ4v) is 3.00. The Kier molecular flexibility index (Phi) is 6.54. The Balaban J connectivity index is 1.86. The van der Waals surface area contributed by atoms with Gasteiger partial charge in [0.15, 0.2) is 6.04 Å². The predicted octanol–water partition coefficient (Wildman–Crippen LogP) is 3.49. The largest absolute Gasteiger partial charge is 0.326 e. The van der Waals surface area contributed by atoms with Crippen molar-refractivity contribution in [2.24, 2.45) is 0 Å². The number of hydrogen-bond acceptors (Lipinski definition) is 4. The highest BCUT2D eigenvalue weighted by atomic mass is 16.2. The zero-order chi connectivity index (χ0) is 21.5. The highest BCUT2D eigenvalue weighted by Crippen LogP contribution is 2.22. The van der Waals surface area contributed by atoms with Gasteiger partial charge < -0.3 is 15.5 Å². The maximum Gasteiger partial charge on any atom is 0.254 e. The SMILES string of the molecule is CC(=O)Nc1ccc(C(=O)N(C)[C@@H](C(=O)Nc2ccccc2)c2ccccn2)cc1. The van der Waals surface area contributed by atoms with E-state index in [9.17, 15) is 14.4 Å². The molecule has 2 aromatic carbocycles. The lowest BCUT2D eigenvalue weighted by Gasteiger charge is -2.27. The quantitative estimate of drug-likeness (QED) is 0.660. The summed E-state index contributed by atoms with van der Waals surface area (Å²) in [4.78, 5) is 43.0. The summed E-state index contributed by atoms with van der Waals surface area (Å²) in [6.45, 7) is 1.41. The van der Waals surface area contributed by atoms with Crippen LogP contribution in [0.1, 0.15) is 29.0 Å². The molecule has 0 bridgehead atoms. The zero-order valence-electron chi connectivity index (χ0n) is 16.7. The standard InChI is InChI=1S/C23H22N4O3/c1-16(28)25-19-13-11-17(12-14-19)23(30)27(2)21(20-10-6-7-15-24-20)22(29)26-18-8-4-3-5-9-18/h3-15,21H,1-2H3,(H,25,28)(H,26,29)/t21-/m1/s1.